The van der Waals surface area contributed by atoms with E-state index >= 15 is 0 Å². The Bertz CT molecular complexity index is 529. The number of nitrogens with two attached hydrogens (primary N) is 1. The topological polar surface area (TPSA) is 57.4 Å². The number of hydrogen-bond acceptors (Lipinski definition) is 4. The van der Waals surface area contributed by atoms with Gasteiger partial charge in [-0.2, -0.15) is 0 Å². The number of pyridine rings is 1. The molecule has 2 N–H and O–H groups in total. The summed E-state index contributed by atoms with van der Waals surface area (Å²) in [5.74, 6) is 1.49. The highest BCUT2D eigenvalue weighted by Crippen LogP contribution is 2.31. The van der Waals surface area contributed by atoms with Crippen LogP contribution in [-0.2, 0) is 13.0 Å². The number of aromatic nitrogens is 1. The molecule has 4 heteroatoms. The predicted molar refractivity (Wildman–Crippen MR) is 78.9 cm³/mol. The first-order valence-electron chi connectivity index (χ1n) is 6.82. The highest BCUT2D eigenvalue weighted by molar-refractivity contribution is 5.46. The van der Waals surface area contributed by atoms with Gasteiger partial charge >= 0.3 is 0 Å². The molecule has 0 unspecified atom stereocenters. The highest BCUT2D eigenvalue weighted by Gasteiger charge is 2.10. The SMILES string of the molecule is CCOc1cccc(CN)c1OCCc1ccccn1. The van der Waals surface area contributed by atoms with Crippen molar-refractivity contribution in [2.45, 2.75) is 19.9 Å². The molecule has 106 valence electrons. The van der Waals surface area contributed by atoms with Crippen molar-refractivity contribution in [3.05, 3.63) is 53.9 Å². The minimum Gasteiger partial charge on any atom is -0.490 e. The first-order valence-corrected chi connectivity index (χ1v) is 6.82. The maximum atomic E-state index is 5.87. The molecule has 0 atom stereocenters. The lowest BCUT2D eigenvalue weighted by atomic mass is 10.2. The fraction of sp³-hybridized carbons (Fsp3) is 0.312. The van der Waals surface area contributed by atoms with Gasteiger partial charge in [-0.15, -0.1) is 0 Å². The fourth-order valence-electron chi connectivity index (χ4n) is 1.96. The van der Waals surface area contributed by atoms with Crippen molar-refractivity contribution in [2.24, 2.45) is 5.73 Å². The molecule has 0 aliphatic rings. The van der Waals surface area contributed by atoms with Crippen LogP contribution in [0.4, 0.5) is 0 Å². The summed E-state index contributed by atoms with van der Waals surface area (Å²) in [7, 11) is 0. The minimum atomic E-state index is 0.430. The average molecular weight is 272 g/mol. The quantitative estimate of drug-likeness (QED) is 0.841. The molecule has 0 spiro atoms. The van der Waals surface area contributed by atoms with Gasteiger partial charge in [0, 0.05) is 30.4 Å². The summed E-state index contributed by atoms with van der Waals surface area (Å²) in [6.45, 7) is 3.53. The van der Waals surface area contributed by atoms with E-state index < -0.39 is 0 Å². The Kier molecular flexibility index (Phi) is 5.38. The molecular weight excluding hydrogens is 252 g/mol. The van der Waals surface area contributed by atoms with Crippen LogP contribution < -0.4 is 15.2 Å². The van der Waals surface area contributed by atoms with Crippen molar-refractivity contribution in [2.75, 3.05) is 13.2 Å². The van der Waals surface area contributed by atoms with Gasteiger partial charge in [0.1, 0.15) is 0 Å². The zero-order valence-corrected chi connectivity index (χ0v) is 11.7. The molecule has 2 aromatic rings. The van der Waals surface area contributed by atoms with Crippen molar-refractivity contribution >= 4 is 0 Å². The van der Waals surface area contributed by atoms with Gasteiger partial charge in [-0.05, 0) is 25.1 Å². The number of benzene rings is 1. The normalized spacial score (nSPS) is 10.3. The number of nitrogens with zero attached hydrogens (tertiary/aromatic N) is 1. The first-order chi connectivity index (χ1) is 9.85. The second-order valence-corrected chi connectivity index (χ2v) is 4.30. The number of rotatable bonds is 7. The van der Waals surface area contributed by atoms with Crippen LogP contribution >= 0.6 is 0 Å². The molecule has 2 rings (SSSR count). The van der Waals surface area contributed by atoms with Crippen LogP contribution in [0.1, 0.15) is 18.2 Å². The zero-order chi connectivity index (χ0) is 14.2. The van der Waals surface area contributed by atoms with E-state index in [9.17, 15) is 0 Å². The summed E-state index contributed by atoms with van der Waals surface area (Å²) in [6, 6.07) is 11.7. The molecular formula is C16H20N2O2. The Morgan fingerprint density at radius 1 is 1.10 bits per heavy atom. The van der Waals surface area contributed by atoms with E-state index in [1.807, 2.05) is 43.3 Å². The lowest BCUT2D eigenvalue weighted by Gasteiger charge is -2.15. The van der Waals surface area contributed by atoms with Crippen LogP contribution in [0, 0.1) is 0 Å². The van der Waals surface area contributed by atoms with Gasteiger partial charge in [-0.1, -0.05) is 18.2 Å². The summed E-state index contributed by atoms with van der Waals surface area (Å²) < 4.78 is 11.5. The molecule has 20 heavy (non-hydrogen) atoms. The van der Waals surface area contributed by atoms with Gasteiger partial charge in [-0.25, -0.2) is 0 Å². The Hall–Kier alpha value is -2.07. The first kappa shape index (κ1) is 14.3. The Morgan fingerprint density at radius 2 is 2.00 bits per heavy atom. The van der Waals surface area contributed by atoms with Gasteiger partial charge < -0.3 is 15.2 Å². The van der Waals surface area contributed by atoms with E-state index in [0.717, 1.165) is 29.2 Å². The second-order valence-electron chi connectivity index (χ2n) is 4.30. The van der Waals surface area contributed by atoms with Crippen LogP contribution in [-0.4, -0.2) is 18.2 Å². The zero-order valence-electron chi connectivity index (χ0n) is 11.7. The number of para-hydroxylation sites is 1. The van der Waals surface area contributed by atoms with E-state index in [0.29, 0.717) is 19.8 Å². The second kappa shape index (κ2) is 7.50. The van der Waals surface area contributed by atoms with Crippen molar-refractivity contribution in [1.82, 2.24) is 4.98 Å². The standard InChI is InChI=1S/C16H20N2O2/c1-2-19-15-8-5-6-13(12-17)16(15)20-11-9-14-7-3-4-10-18-14/h3-8,10H,2,9,11-12,17H2,1H3. The Morgan fingerprint density at radius 3 is 2.70 bits per heavy atom. The minimum absolute atomic E-state index is 0.430. The summed E-state index contributed by atoms with van der Waals surface area (Å²) in [6.07, 6.45) is 2.54. The predicted octanol–water partition coefficient (Wildman–Crippen LogP) is 2.56. The Labute approximate surface area is 119 Å². The average Bonchev–Trinajstić information content (AvgIpc) is 2.50. The van der Waals surface area contributed by atoms with Gasteiger partial charge in [0.2, 0.25) is 0 Å². The Balaban J connectivity index is 2.04. The summed E-state index contributed by atoms with van der Waals surface area (Å²) >= 11 is 0. The molecule has 1 heterocycles. The van der Waals surface area contributed by atoms with Gasteiger partial charge in [-0.3, -0.25) is 4.98 Å². The molecule has 4 nitrogen and oxygen atoms in total. The van der Waals surface area contributed by atoms with Gasteiger partial charge in [0.15, 0.2) is 11.5 Å². The highest BCUT2D eigenvalue weighted by atomic mass is 16.5. The van der Waals surface area contributed by atoms with Crippen LogP contribution in [0.3, 0.4) is 0 Å². The maximum absolute atomic E-state index is 5.87. The monoisotopic (exact) mass is 272 g/mol. The van der Waals surface area contributed by atoms with E-state index in [1.54, 1.807) is 6.20 Å². The van der Waals surface area contributed by atoms with Gasteiger partial charge in [0.25, 0.3) is 0 Å². The fourth-order valence-corrected chi connectivity index (χ4v) is 1.96. The summed E-state index contributed by atoms with van der Waals surface area (Å²) in [4.78, 5) is 4.28. The smallest absolute Gasteiger partial charge is 0.165 e. The van der Waals surface area contributed by atoms with Crippen LogP contribution in [0.25, 0.3) is 0 Å². The van der Waals surface area contributed by atoms with E-state index in [1.165, 1.54) is 0 Å². The van der Waals surface area contributed by atoms with Crippen molar-refractivity contribution < 1.29 is 9.47 Å². The molecule has 1 aromatic carbocycles. The molecule has 0 bridgehead atoms. The van der Waals surface area contributed by atoms with E-state index in [-0.39, 0.29) is 0 Å². The number of hydrogen-bond donors (Lipinski definition) is 1. The lowest BCUT2D eigenvalue weighted by molar-refractivity contribution is 0.276. The van der Waals surface area contributed by atoms with Gasteiger partial charge in [0.05, 0.1) is 13.2 Å². The summed E-state index contributed by atoms with van der Waals surface area (Å²) in [5.41, 5.74) is 7.72. The molecule has 0 saturated carbocycles. The molecule has 0 amide bonds. The molecule has 1 aromatic heterocycles. The third kappa shape index (κ3) is 3.71. The third-order valence-corrected chi connectivity index (χ3v) is 2.91. The number of ether oxygens (including phenoxy) is 2. The van der Waals surface area contributed by atoms with Crippen molar-refractivity contribution in [1.29, 1.82) is 0 Å². The van der Waals surface area contributed by atoms with E-state index in [2.05, 4.69) is 4.98 Å². The molecule has 0 saturated heterocycles. The maximum Gasteiger partial charge on any atom is 0.165 e. The largest absolute Gasteiger partial charge is 0.490 e. The lowest BCUT2D eigenvalue weighted by Crippen LogP contribution is -2.08. The molecule has 0 aliphatic heterocycles. The van der Waals surface area contributed by atoms with Crippen molar-refractivity contribution in [3.63, 3.8) is 0 Å². The van der Waals surface area contributed by atoms with Crippen molar-refractivity contribution in [3.8, 4) is 11.5 Å². The van der Waals surface area contributed by atoms with Crippen LogP contribution in [0.5, 0.6) is 11.5 Å². The molecule has 0 radical (unpaired) electrons. The third-order valence-electron chi connectivity index (χ3n) is 2.91. The van der Waals surface area contributed by atoms with Crippen LogP contribution in [0.2, 0.25) is 0 Å². The molecule has 0 aliphatic carbocycles. The molecule has 0 fully saturated rings. The van der Waals surface area contributed by atoms with E-state index in [4.69, 9.17) is 15.2 Å². The summed E-state index contributed by atoms with van der Waals surface area (Å²) in [5, 5.41) is 0. The van der Waals surface area contributed by atoms with Crippen LogP contribution in [0.15, 0.2) is 42.6 Å².